The van der Waals surface area contributed by atoms with Gasteiger partial charge < -0.3 is 86.6 Å². The average Bonchev–Trinajstić information content (AvgIpc) is 1.08. The van der Waals surface area contributed by atoms with E-state index in [1.165, 1.54) is 20.4 Å². The molecule has 33 nitrogen and oxygen atoms in total. The number of aromatic nitrogens is 17. The summed E-state index contributed by atoms with van der Waals surface area (Å²) in [7, 11) is 18.8. The number of aliphatic carboxylic acids is 1. The number of anilines is 8. The van der Waals surface area contributed by atoms with Crippen LogP contribution >= 0.6 is 11.6 Å². The fraction of sp³-hybridized carbons (Fsp3) is 0.234. The van der Waals surface area contributed by atoms with Crippen LogP contribution in [0.15, 0.2) is 257 Å². The highest BCUT2D eigenvalue weighted by Gasteiger charge is 2.38. The molecule has 18 aromatic rings. The zero-order chi connectivity index (χ0) is 102. The van der Waals surface area contributed by atoms with Crippen LogP contribution in [0, 0.1) is 18.8 Å². The molecule has 0 spiro atoms. The number of carbonyl (C=O) groups is 2. The summed E-state index contributed by atoms with van der Waals surface area (Å²) in [5.41, 5.74) is 21.4. The Balaban J connectivity index is 0.000000145. The van der Waals surface area contributed by atoms with Gasteiger partial charge in [-0.2, -0.15) is 18.3 Å². The van der Waals surface area contributed by atoms with E-state index in [2.05, 4.69) is 72.7 Å². The number of amides is 1. The summed E-state index contributed by atoms with van der Waals surface area (Å²) in [4.78, 5) is 84.4. The zero-order valence-electron chi connectivity index (χ0n) is 81.7. The second-order valence-electron chi connectivity index (χ2n) is 33.5. The second kappa shape index (κ2) is 46.6. The third kappa shape index (κ3) is 25.8. The number of hydrogen-bond donors (Lipinski definition) is 3. The smallest absolute Gasteiger partial charge is 0.471 e. The number of rotatable bonds is 33. The third-order valence-electron chi connectivity index (χ3n) is 23.0. The number of carboxylic acids is 1. The minimum absolute atomic E-state index is 0.138. The molecule has 0 bridgehead atoms. The number of nitrogens with zero attached hydrogens (tertiary/aromatic N) is 20. The summed E-state index contributed by atoms with van der Waals surface area (Å²) in [6.07, 6.45) is 24.4. The largest absolute Gasteiger partial charge is 0.497 e. The fourth-order valence-electron chi connectivity index (χ4n) is 15.6. The quantitative estimate of drug-likeness (QED) is 0.0254. The number of aryl methyl sites for hydroxylation is 4. The molecular formula is C107H106ClF3N22O11. The Morgan fingerprint density at radius 1 is 0.431 bits per heavy atom. The first-order valence-electron chi connectivity index (χ1n) is 45.6. The van der Waals surface area contributed by atoms with E-state index in [1.54, 1.807) is 91.8 Å². The van der Waals surface area contributed by atoms with E-state index in [-0.39, 0.29) is 32.0 Å². The number of H-pyrrole nitrogens is 1. The van der Waals surface area contributed by atoms with E-state index in [1.807, 2.05) is 271 Å². The summed E-state index contributed by atoms with van der Waals surface area (Å²) in [6, 6.07) is 52.3. The minimum atomic E-state index is -4.93. The van der Waals surface area contributed by atoms with Gasteiger partial charge >= 0.3 is 18.1 Å². The van der Waals surface area contributed by atoms with Crippen LogP contribution in [0.1, 0.15) is 62.8 Å². The number of imidazole rings is 1. The lowest BCUT2D eigenvalue weighted by Gasteiger charge is -2.26. The molecule has 0 radical (unpaired) electrons. The lowest BCUT2D eigenvalue weighted by atomic mass is 10.1. The molecule has 0 aliphatic rings. The van der Waals surface area contributed by atoms with E-state index < -0.39 is 18.1 Å². The van der Waals surface area contributed by atoms with Gasteiger partial charge in [0, 0.05) is 249 Å². The highest BCUT2D eigenvalue weighted by Crippen LogP contribution is 2.41. The molecule has 1 amide bonds. The van der Waals surface area contributed by atoms with Gasteiger partial charge in [-0.3, -0.25) is 39.2 Å². The molecule has 144 heavy (non-hydrogen) atoms. The highest BCUT2D eigenvalue weighted by atomic mass is 35.5. The SMILES string of the molecule is COc1cc(OC)cc(N(CC#Cc2cncc(Cl)n2)c2ccc3ncc(-c4ccn(C)c4)nc3c2)c1.COc1cc(OC)cc(N(CCCCC(=O)O)c2ccc3ncc(-c4ccn(C)c4)nc3c2)c1.COc1cc(OC)cc(N(CCCNC(=O)C(F)(F)F)c2ccc3ncc(-c4cnn(C(C)C)c4)nc3c2)c1.COc1cc(OC)cc(N(Cc2ncc(C)[nH]2)c2ccc3ncc(-c4ccn(C)c4)nc3c2)c1. The standard InChI is InChI=1S/C28H23ClN6O2.C27H29F3N6O3.C26H26N6O2.C26H28N4O4/c1-34-10-8-19(18-34)27-16-31-25-7-6-21(13-26(25)33-27)35(9-4-5-20-15-30-17-28(29)32-20)22-11-23(36-2)14-24(12-22)37-3;1-17(2)36-16-18(14-33-36)25-15-32-23-7-6-19(12-24(23)34-25)35(9-5-8-31-26(37)27(28,29)30)20-10-21(38-3)13-22(11-20)39-4;1-17-13-28-26(29-17)16-32(20-9-21(33-3)12-22(10-20)34-4)19-5-6-23-24(11-19)30-25(14-27-23)18-7-8-31(2)15-18;1-29-11-9-18(17-29)25-16-27-23-8-7-19(14-24(23)28-25)30(10-5-4-6-26(31)32)20-12-21(33-2)15-22(13-20)34-3/h6-8,10-18H,9H2,1-3H3;6-7,10-17H,5,8-9H2,1-4H3,(H,31,37);5-15H,16H2,1-4H3,(H,28,29);7-9,11-17H,4-6,10H2,1-3H3,(H,31,32). The number of ether oxygens (including phenoxy) is 8. The van der Waals surface area contributed by atoms with Gasteiger partial charge in [0.25, 0.3) is 0 Å². The molecule has 0 aliphatic carbocycles. The molecule has 0 aliphatic heterocycles. The van der Waals surface area contributed by atoms with Crippen molar-refractivity contribution in [1.29, 1.82) is 0 Å². The van der Waals surface area contributed by atoms with Crippen LogP contribution in [0.3, 0.4) is 0 Å². The zero-order valence-corrected chi connectivity index (χ0v) is 82.4. The monoisotopic (exact) mass is 1970 g/mol. The number of aromatic amines is 1. The predicted molar refractivity (Wildman–Crippen MR) is 550 cm³/mol. The molecule has 0 saturated heterocycles. The molecule has 8 aromatic carbocycles. The maximum atomic E-state index is 12.6. The Hall–Kier alpha value is -17.4. The number of nitrogens with one attached hydrogen (secondary N) is 2. The van der Waals surface area contributed by atoms with E-state index >= 15 is 0 Å². The van der Waals surface area contributed by atoms with Crippen LogP contribution in [0.25, 0.3) is 89.2 Å². The third-order valence-corrected chi connectivity index (χ3v) is 23.2. The number of halogens is 4. The van der Waals surface area contributed by atoms with Gasteiger partial charge in [-0.25, -0.2) is 29.9 Å². The van der Waals surface area contributed by atoms with Gasteiger partial charge in [0.15, 0.2) is 0 Å². The van der Waals surface area contributed by atoms with Crippen molar-refractivity contribution in [3.05, 3.63) is 279 Å². The van der Waals surface area contributed by atoms with E-state index in [0.717, 1.165) is 124 Å². The predicted octanol–water partition coefficient (Wildman–Crippen LogP) is 20.7. The molecule has 0 saturated carbocycles. The van der Waals surface area contributed by atoms with Gasteiger partial charge in [-0.15, -0.1) is 0 Å². The molecule has 3 N–H and O–H groups in total. The number of fused-ring (bicyclic) bond motifs is 4. The molecule has 0 fully saturated rings. The van der Waals surface area contributed by atoms with Gasteiger partial charge in [0.05, 0.1) is 180 Å². The van der Waals surface area contributed by atoms with Crippen LogP contribution in [0.2, 0.25) is 5.15 Å². The Labute approximate surface area is 833 Å². The Morgan fingerprint density at radius 3 is 1.15 bits per heavy atom. The number of carbonyl (C=O) groups excluding carboxylic acids is 1. The fourth-order valence-corrected chi connectivity index (χ4v) is 15.8. The maximum Gasteiger partial charge on any atom is 0.471 e. The first-order valence-corrected chi connectivity index (χ1v) is 46.0. The molecule has 10 aromatic heterocycles. The molecule has 10 heterocycles. The number of carboxylic acid groups (broad SMARTS) is 1. The lowest BCUT2D eigenvalue weighted by molar-refractivity contribution is -0.173. The Kier molecular flexibility index (Phi) is 32.7. The van der Waals surface area contributed by atoms with Crippen molar-refractivity contribution in [3.63, 3.8) is 0 Å². The van der Waals surface area contributed by atoms with Gasteiger partial charge in [0.2, 0.25) is 0 Å². The van der Waals surface area contributed by atoms with Crippen LogP contribution in [0.4, 0.5) is 58.7 Å². The molecular weight excluding hydrogens is 1860 g/mol. The van der Waals surface area contributed by atoms with Crippen molar-refractivity contribution in [2.45, 2.75) is 65.2 Å². The van der Waals surface area contributed by atoms with Crippen LogP contribution in [0.5, 0.6) is 46.0 Å². The molecule has 738 valence electrons. The summed E-state index contributed by atoms with van der Waals surface area (Å²) >= 11 is 5.96. The minimum Gasteiger partial charge on any atom is -0.497 e. The summed E-state index contributed by atoms with van der Waals surface area (Å²) < 4.78 is 89.4. The van der Waals surface area contributed by atoms with Crippen molar-refractivity contribution in [2.24, 2.45) is 21.1 Å². The van der Waals surface area contributed by atoms with Crippen molar-refractivity contribution in [1.82, 2.24) is 88.6 Å². The lowest BCUT2D eigenvalue weighted by Crippen LogP contribution is -2.38. The average molecular weight is 1970 g/mol. The van der Waals surface area contributed by atoms with Crippen molar-refractivity contribution in [2.75, 3.05) is 103 Å². The summed E-state index contributed by atoms with van der Waals surface area (Å²) in [5.74, 6) is 9.52. The first kappa shape index (κ1) is 101. The van der Waals surface area contributed by atoms with E-state index in [9.17, 15) is 22.8 Å². The van der Waals surface area contributed by atoms with Crippen molar-refractivity contribution < 1.29 is 65.8 Å². The number of unbranched alkanes of at least 4 members (excludes halogenated alkanes) is 1. The van der Waals surface area contributed by atoms with Crippen LogP contribution in [-0.4, -0.2) is 190 Å². The number of hydrogen-bond acceptors (Lipinski definition) is 26. The molecule has 0 atom stereocenters. The first-order chi connectivity index (χ1) is 69.6. The van der Waals surface area contributed by atoms with Crippen LogP contribution < -0.4 is 62.8 Å². The van der Waals surface area contributed by atoms with E-state index in [0.29, 0.717) is 112 Å². The highest BCUT2D eigenvalue weighted by molar-refractivity contribution is 6.29. The van der Waals surface area contributed by atoms with Crippen LogP contribution in [-0.2, 0) is 37.3 Å². The number of benzene rings is 8. The molecule has 37 heteroatoms. The van der Waals surface area contributed by atoms with Crippen molar-refractivity contribution >= 4 is 113 Å². The van der Waals surface area contributed by atoms with Gasteiger partial charge in [0.1, 0.15) is 62.7 Å². The Morgan fingerprint density at radius 2 is 0.806 bits per heavy atom. The molecule has 0 unspecified atom stereocenters. The second-order valence-corrected chi connectivity index (χ2v) is 33.9. The normalized spacial score (nSPS) is 11.0. The maximum absolute atomic E-state index is 12.6. The summed E-state index contributed by atoms with van der Waals surface area (Å²) in [5, 5.41) is 15.6. The van der Waals surface area contributed by atoms with E-state index in [4.69, 9.17) is 74.5 Å². The van der Waals surface area contributed by atoms with Gasteiger partial charge in [-0.1, -0.05) is 17.5 Å². The topological polar surface area (TPSA) is 343 Å². The van der Waals surface area contributed by atoms with Crippen molar-refractivity contribution in [3.8, 4) is 103 Å². The number of alkyl halides is 3. The van der Waals surface area contributed by atoms with Gasteiger partial charge in [-0.05, 0) is 137 Å². The molecule has 18 rings (SSSR count). The Bertz CT molecular complexity index is 7540. The summed E-state index contributed by atoms with van der Waals surface area (Å²) in [6.45, 7) is 7.69. The number of methoxy groups -OCH3 is 8.